The molecule has 0 atom stereocenters. The molecule has 0 unspecified atom stereocenters. The highest BCUT2D eigenvalue weighted by Crippen LogP contribution is 2.17. The van der Waals surface area contributed by atoms with E-state index in [4.69, 9.17) is 9.47 Å². The van der Waals surface area contributed by atoms with E-state index >= 15 is 0 Å². The molecule has 0 fully saturated rings. The summed E-state index contributed by atoms with van der Waals surface area (Å²) in [4.78, 5) is 27.2. The Hall–Kier alpha value is -3.12. The summed E-state index contributed by atoms with van der Waals surface area (Å²) >= 11 is 1.22. The number of ether oxygens (including phenoxy) is 2. The van der Waals surface area contributed by atoms with Crippen LogP contribution in [0.2, 0.25) is 0 Å². The van der Waals surface area contributed by atoms with Gasteiger partial charge in [-0.05, 0) is 36.4 Å². The second-order valence-electron chi connectivity index (χ2n) is 5.41. The summed E-state index contributed by atoms with van der Waals surface area (Å²) in [6.45, 7) is 0. The third-order valence-electron chi connectivity index (χ3n) is 3.74. The number of hydrogen-bond donors (Lipinski definition) is 1. The smallest absolute Gasteiger partial charge is 0.266 e. The number of rotatable bonds is 5. The molecule has 0 amide bonds. The van der Waals surface area contributed by atoms with Gasteiger partial charge in [0.15, 0.2) is 5.78 Å². The molecule has 3 aromatic rings. The van der Waals surface area contributed by atoms with Crippen LogP contribution in [-0.2, 0) is 0 Å². The quantitative estimate of drug-likeness (QED) is 0.700. The normalized spacial score (nSPS) is 12.2. The van der Waals surface area contributed by atoms with Gasteiger partial charge in [0.1, 0.15) is 11.5 Å². The van der Waals surface area contributed by atoms with Crippen molar-refractivity contribution >= 4 is 29.3 Å². The molecule has 0 aliphatic heterocycles. The van der Waals surface area contributed by atoms with Crippen LogP contribution in [0.25, 0.3) is 12.2 Å². The Labute approximate surface area is 153 Å². The van der Waals surface area contributed by atoms with Crippen molar-refractivity contribution in [2.24, 2.45) is 0 Å². The van der Waals surface area contributed by atoms with Gasteiger partial charge in [-0.25, -0.2) is 0 Å². The van der Waals surface area contributed by atoms with Gasteiger partial charge in [-0.3, -0.25) is 9.59 Å². The predicted molar refractivity (Wildman–Crippen MR) is 103 cm³/mol. The molecule has 3 rings (SSSR count). The maximum Gasteiger partial charge on any atom is 0.266 e. The van der Waals surface area contributed by atoms with Crippen molar-refractivity contribution in [2.75, 3.05) is 14.2 Å². The molecule has 1 heterocycles. The largest absolute Gasteiger partial charge is 0.497 e. The van der Waals surface area contributed by atoms with Gasteiger partial charge in [0, 0.05) is 17.2 Å². The van der Waals surface area contributed by atoms with Gasteiger partial charge in [-0.1, -0.05) is 18.2 Å². The molecule has 1 aromatic heterocycles. The lowest BCUT2D eigenvalue weighted by molar-refractivity contribution is 0.106. The van der Waals surface area contributed by atoms with Crippen LogP contribution in [0, 0.1) is 0 Å². The molecule has 0 radical (unpaired) electrons. The van der Waals surface area contributed by atoms with E-state index in [2.05, 4.69) is 4.98 Å². The van der Waals surface area contributed by atoms with Crippen LogP contribution in [0.15, 0.2) is 53.3 Å². The third-order valence-corrected chi connectivity index (χ3v) is 4.71. The Balaban J connectivity index is 1.96. The molecule has 132 valence electrons. The molecule has 5 nitrogen and oxygen atoms in total. The molecular weight excluding hydrogens is 350 g/mol. The van der Waals surface area contributed by atoms with Crippen LogP contribution < -0.4 is 24.2 Å². The first-order valence-corrected chi connectivity index (χ1v) is 8.66. The van der Waals surface area contributed by atoms with Crippen LogP contribution in [0.3, 0.4) is 0 Å². The van der Waals surface area contributed by atoms with Gasteiger partial charge >= 0.3 is 0 Å². The number of carbonyl (C=O) groups excluding carboxylic acids is 1. The zero-order valence-electron chi connectivity index (χ0n) is 14.3. The van der Waals surface area contributed by atoms with E-state index in [-0.39, 0.29) is 11.3 Å². The number of hydrogen-bond acceptors (Lipinski definition) is 5. The molecule has 1 N–H and O–H groups in total. The van der Waals surface area contributed by atoms with E-state index in [9.17, 15) is 9.59 Å². The molecule has 2 aromatic carbocycles. The summed E-state index contributed by atoms with van der Waals surface area (Å²) in [5.41, 5.74) is 1.08. The monoisotopic (exact) mass is 367 g/mol. The molecular formula is C20H17NO4S. The second-order valence-corrected chi connectivity index (χ2v) is 6.49. The highest BCUT2D eigenvalue weighted by atomic mass is 32.1. The summed E-state index contributed by atoms with van der Waals surface area (Å²) in [5.74, 6) is 1.17. The average molecular weight is 367 g/mol. The first kappa shape index (κ1) is 17.7. The number of methoxy groups -OCH3 is 2. The Morgan fingerprint density at radius 2 is 1.77 bits per heavy atom. The van der Waals surface area contributed by atoms with Crippen LogP contribution in [0.4, 0.5) is 0 Å². The Morgan fingerprint density at radius 3 is 2.46 bits per heavy atom. The lowest BCUT2D eigenvalue weighted by Gasteiger charge is -2.02. The first-order valence-electron chi connectivity index (χ1n) is 7.84. The summed E-state index contributed by atoms with van der Waals surface area (Å²) in [7, 11) is 3.15. The standard InChI is InChI=1S/C20H17NO4S/c1-24-15-9-7-13(8-10-15)16(22)12-19-21-20(23)18(26-19)11-14-5-3-4-6-17(14)25-2/h3-12H,1-2H3,(H,21,23)/b18-11+,19-12+. The van der Waals surface area contributed by atoms with Gasteiger partial charge < -0.3 is 14.5 Å². The van der Waals surface area contributed by atoms with Gasteiger partial charge in [-0.2, -0.15) is 0 Å². The number of Topliss-reactive ketones (excluding diaryl/α,β-unsaturated/α-hetero) is 1. The number of H-pyrrole nitrogens is 1. The fourth-order valence-electron chi connectivity index (χ4n) is 2.41. The Morgan fingerprint density at radius 1 is 1.04 bits per heavy atom. The highest BCUT2D eigenvalue weighted by molar-refractivity contribution is 7.07. The van der Waals surface area contributed by atoms with Crippen molar-refractivity contribution in [2.45, 2.75) is 0 Å². The van der Waals surface area contributed by atoms with Crippen molar-refractivity contribution in [3.63, 3.8) is 0 Å². The molecule has 0 saturated carbocycles. The summed E-state index contributed by atoms with van der Waals surface area (Å²) in [5, 5.41) is 0. The third kappa shape index (κ3) is 3.92. The first-order chi connectivity index (χ1) is 12.6. The minimum atomic E-state index is -0.241. The molecule has 0 aliphatic rings. The highest BCUT2D eigenvalue weighted by Gasteiger charge is 2.04. The van der Waals surface area contributed by atoms with Crippen molar-refractivity contribution < 1.29 is 14.3 Å². The lowest BCUT2D eigenvalue weighted by atomic mass is 10.1. The predicted octanol–water partition coefficient (Wildman–Crippen LogP) is 1.95. The van der Waals surface area contributed by atoms with E-state index in [1.54, 1.807) is 44.6 Å². The van der Waals surface area contributed by atoms with Crippen LogP contribution in [-0.4, -0.2) is 25.0 Å². The van der Waals surface area contributed by atoms with E-state index in [0.717, 1.165) is 5.56 Å². The number of ketones is 1. The van der Waals surface area contributed by atoms with E-state index in [0.29, 0.717) is 26.3 Å². The van der Waals surface area contributed by atoms with Crippen LogP contribution >= 0.6 is 11.3 Å². The van der Waals surface area contributed by atoms with Crippen molar-refractivity contribution in [1.29, 1.82) is 0 Å². The van der Waals surface area contributed by atoms with Crippen molar-refractivity contribution in [3.05, 3.63) is 79.2 Å². The van der Waals surface area contributed by atoms with E-state index in [1.165, 1.54) is 17.4 Å². The fourth-order valence-corrected chi connectivity index (χ4v) is 3.29. The van der Waals surface area contributed by atoms with E-state index < -0.39 is 0 Å². The number of carbonyl (C=O) groups is 1. The molecule has 0 aliphatic carbocycles. The molecule has 0 spiro atoms. The molecule has 0 bridgehead atoms. The fraction of sp³-hybridized carbons (Fsp3) is 0.100. The Kier molecular flexibility index (Phi) is 5.34. The van der Waals surface area contributed by atoms with E-state index in [1.807, 2.05) is 24.3 Å². The number of para-hydroxylation sites is 1. The number of thiazole rings is 1. The zero-order valence-corrected chi connectivity index (χ0v) is 15.1. The number of nitrogens with one attached hydrogen (secondary N) is 1. The van der Waals surface area contributed by atoms with Gasteiger partial charge in [0.2, 0.25) is 0 Å². The van der Waals surface area contributed by atoms with Gasteiger partial charge in [0.25, 0.3) is 5.56 Å². The lowest BCUT2D eigenvalue weighted by Crippen LogP contribution is -2.20. The Bertz CT molecular complexity index is 1090. The minimum Gasteiger partial charge on any atom is -0.497 e. The number of aromatic amines is 1. The van der Waals surface area contributed by atoms with Crippen molar-refractivity contribution in [3.8, 4) is 11.5 Å². The van der Waals surface area contributed by atoms with Gasteiger partial charge in [0.05, 0.1) is 23.4 Å². The maximum atomic E-state index is 12.4. The topological polar surface area (TPSA) is 68.4 Å². The van der Waals surface area contributed by atoms with Crippen molar-refractivity contribution in [1.82, 2.24) is 4.98 Å². The summed E-state index contributed by atoms with van der Waals surface area (Å²) < 4.78 is 11.4. The average Bonchev–Trinajstić information content (AvgIpc) is 3.01. The second kappa shape index (κ2) is 7.84. The molecule has 0 saturated heterocycles. The summed E-state index contributed by atoms with van der Waals surface area (Å²) in [6, 6.07) is 14.2. The number of benzene rings is 2. The van der Waals surface area contributed by atoms with Crippen LogP contribution in [0.1, 0.15) is 15.9 Å². The summed E-state index contributed by atoms with van der Waals surface area (Å²) in [6.07, 6.45) is 3.17. The molecule has 6 heteroatoms. The minimum absolute atomic E-state index is 0.186. The maximum absolute atomic E-state index is 12.4. The van der Waals surface area contributed by atoms with Crippen LogP contribution in [0.5, 0.6) is 11.5 Å². The number of aromatic nitrogens is 1. The zero-order chi connectivity index (χ0) is 18.5. The SMILES string of the molecule is COc1ccc(C(=O)/C=c2\[nH]c(=O)/c(=C\c3ccccc3OC)s2)cc1. The van der Waals surface area contributed by atoms with Gasteiger partial charge in [-0.15, -0.1) is 11.3 Å². The molecule has 26 heavy (non-hydrogen) atoms.